The Morgan fingerprint density at radius 3 is 2.47 bits per heavy atom. The van der Waals surface area contributed by atoms with Crippen LogP contribution in [0.4, 0.5) is 4.39 Å². The SMILES string of the molecule is O=C1C2=C(CCN(Cc3cc(Cl)cc(Cl)c3)C2)N2CCCN=C2N1Cc1ccc(F)cc1. The average Bonchev–Trinajstić information content (AvgIpc) is 2.77. The van der Waals surface area contributed by atoms with Crippen LogP contribution in [-0.2, 0) is 17.9 Å². The van der Waals surface area contributed by atoms with E-state index in [0.717, 1.165) is 54.3 Å². The summed E-state index contributed by atoms with van der Waals surface area (Å²) in [5, 5.41) is 1.22. The third kappa shape index (κ3) is 4.27. The number of carbonyl (C=O) groups is 1. The molecule has 3 heterocycles. The zero-order valence-corrected chi connectivity index (χ0v) is 19.0. The van der Waals surface area contributed by atoms with Crippen LogP contribution in [0, 0.1) is 5.82 Å². The van der Waals surface area contributed by atoms with Crippen LogP contribution in [0.25, 0.3) is 0 Å². The predicted octanol–water partition coefficient (Wildman–Crippen LogP) is 4.70. The Morgan fingerprint density at radius 1 is 0.969 bits per heavy atom. The van der Waals surface area contributed by atoms with Crippen LogP contribution in [-0.4, -0.2) is 52.7 Å². The van der Waals surface area contributed by atoms with E-state index in [-0.39, 0.29) is 11.7 Å². The number of amides is 1. The molecule has 0 aromatic heterocycles. The predicted molar refractivity (Wildman–Crippen MR) is 124 cm³/mol. The molecule has 0 radical (unpaired) electrons. The number of benzene rings is 2. The van der Waals surface area contributed by atoms with E-state index in [1.807, 2.05) is 12.1 Å². The fraction of sp³-hybridized carbons (Fsp3) is 0.333. The van der Waals surface area contributed by atoms with E-state index in [2.05, 4.69) is 9.80 Å². The van der Waals surface area contributed by atoms with Crippen molar-refractivity contribution in [3.05, 3.63) is 80.7 Å². The first-order chi connectivity index (χ1) is 15.5. The van der Waals surface area contributed by atoms with E-state index in [1.54, 1.807) is 23.1 Å². The van der Waals surface area contributed by atoms with Gasteiger partial charge in [-0.25, -0.2) is 4.39 Å². The molecule has 0 aliphatic carbocycles. The van der Waals surface area contributed by atoms with Crippen molar-refractivity contribution in [3.63, 3.8) is 0 Å². The monoisotopic (exact) mass is 472 g/mol. The summed E-state index contributed by atoms with van der Waals surface area (Å²) < 4.78 is 13.4. The summed E-state index contributed by atoms with van der Waals surface area (Å²) in [6, 6.07) is 11.8. The smallest absolute Gasteiger partial charge is 0.259 e. The van der Waals surface area contributed by atoms with Gasteiger partial charge in [-0.2, -0.15) is 0 Å². The molecule has 32 heavy (non-hydrogen) atoms. The zero-order chi connectivity index (χ0) is 22.2. The van der Waals surface area contributed by atoms with Gasteiger partial charge in [0, 0.05) is 54.9 Å². The van der Waals surface area contributed by atoms with Gasteiger partial charge in [0.05, 0.1) is 12.1 Å². The van der Waals surface area contributed by atoms with Gasteiger partial charge in [0.15, 0.2) is 0 Å². The maximum absolute atomic E-state index is 13.6. The van der Waals surface area contributed by atoms with Gasteiger partial charge in [-0.15, -0.1) is 0 Å². The van der Waals surface area contributed by atoms with E-state index >= 15 is 0 Å². The third-order valence-corrected chi connectivity index (χ3v) is 6.52. The highest BCUT2D eigenvalue weighted by Crippen LogP contribution is 2.32. The highest BCUT2D eigenvalue weighted by molar-refractivity contribution is 6.34. The van der Waals surface area contributed by atoms with Gasteiger partial charge in [0.2, 0.25) is 5.96 Å². The van der Waals surface area contributed by atoms with E-state index in [4.69, 9.17) is 28.2 Å². The number of aliphatic imine (C=N–C) groups is 1. The maximum atomic E-state index is 13.6. The Kier molecular flexibility index (Phi) is 5.93. The first-order valence-electron chi connectivity index (χ1n) is 10.8. The Hall–Kier alpha value is -2.41. The van der Waals surface area contributed by atoms with E-state index in [9.17, 15) is 9.18 Å². The van der Waals surface area contributed by atoms with E-state index < -0.39 is 0 Å². The molecule has 1 amide bonds. The Balaban J connectivity index is 1.41. The number of rotatable bonds is 4. The Bertz CT molecular complexity index is 1100. The van der Waals surface area contributed by atoms with Crippen LogP contribution in [0.2, 0.25) is 10.0 Å². The van der Waals surface area contributed by atoms with Gasteiger partial charge >= 0.3 is 0 Å². The minimum Gasteiger partial charge on any atom is -0.315 e. The number of nitrogens with zero attached hydrogens (tertiary/aromatic N) is 4. The maximum Gasteiger partial charge on any atom is 0.259 e. The van der Waals surface area contributed by atoms with Crippen molar-refractivity contribution in [3.8, 4) is 0 Å². The third-order valence-electron chi connectivity index (χ3n) is 6.08. The van der Waals surface area contributed by atoms with E-state index in [0.29, 0.717) is 36.2 Å². The van der Waals surface area contributed by atoms with Crippen LogP contribution in [0.3, 0.4) is 0 Å². The van der Waals surface area contributed by atoms with Crippen LogP contribution in [0.15, 0.2) is 58.7 Å². The molecule has 0 unspecified atom stereocenters. The Morgan fingerprint density at radius 2 is 1.72 bits per heavy atom. The van der Waals surface area contributed by atoms with Crippen LogP contribution in [0.5, 0.6) is 0 Å². The number of halogens is 3. The first kappa shape index (κ1) is 21.4. The number of fused-ring (bicyclic) bond motifs is 2. The fourth-order valence-electron chi connectivity index (χ4n) is 4.64. The van der Waals surface area contributed by atoms with Gasteiger partial charge in [-0.3, -0.25) is 19.6 Å². The lowest BCUT2D eigenvalue weighted by Gasteiger charge is -2.45. The van der Waals surface area contributed by atoms with Gasteiger partial charge in [-0.1, -0.05) is 35.3 Å². The lowest BCUT2D eigenvalue weighted by molar-refractivity contribution is -0.125. The Labute approximate surface area is 196 Å². The second-order valence-electron chi connectivity index (χ2n) is 8.37. The summed E-state index contributed by atoms with van der Waals surface area (Å²) in [7, 11) is 0. The number of guanidine groups is 1. The van der Waals surface area contributed by atoms with Crippen molar-refractivity contribution in [2.45, 2.75) is 25.9 Å². The summed E-state index contributed by atoms with van der Waals surface area (Å²) >= 11 is 12.3. The van der Waals surface area contributed by atoms with Crippen LogP contribution >= 0.6 is 23.2 Å². The highest BCUT2D eigenvalue weighted by Gasteiger charge is 2.40. The molecule has 0 spiro atoms. The summed E-state index contributed by atoms with van der Waals surface area (Å²) in [6.45, 7) is 4.01. The van der Waals surface area contributed by atoms with Crippen molar-refractivity contribution >= 4 is 35.1 Å². The molecule has 5 rings (SSSR count). The molecular weight excluding hydrogens is 450 g/mol. The number of hydrogen-bond acceptors (Lipinski definition) is 4. The lowest BCUT2D eigenvalue weighted by Crippen LogP contribution is -2.56. The second-order valence-corrected chi connectivity index (χ2v) is 9.24. The van der Waals surface area contributed by atoms with Crippen LogP contribution < -0.4 is 0 Å². The highest BCUT2D eigenvalue weighted by atomic mass is 35.5. The van der Waals surface area contributed by atoms with Crippen molar-refractivity contribution in [2.24, 2.45) is 4.99 Å². The van der Waals surface area contributed by atoms with Gasteiger partial charge < -0.3 is 4.90 Å². The largest absolute Gasteiger partial charge is 0.315 e. The molecule has 8 heteroatoms. The molecule has 3 aliphatic heterocycles. The second kappa shape index (κ2) is 8.85. The zero-order valence-electron chi connectivity index (χ0n) is 17.5. The van der Waals surface area contributed by atoms with Crippen molar-refractivity contribution in [2.75, 3.05) is 26.2 Å². The molecule has 5 nitrogen and oxygen atoms in total. The fourth-order valence-corrected chi connectivity index (χ4v) is 5.21. The molecule has 2 aromatic rings. The minimum absolute atomic E-state index is 0.0185. The molecule has 3 aliphatic rings. The average molecular weight is 473 g/mol. The number of hydrogen-bond donors (Lipinski definition) is 0. The molecule has 166 valence electrons. The van der Waals surface area contributed by atoms with Crippen molar-refractivity contribution in [1.29, 1.82) is 0 Å². The topological polar surface area (TPSA) is 39.2 Å². The van der Waals surface area contributed by atoms with E-state index in [1.165, 1.54) is 12.1 Å². The van der Waals surface area contributed by atoms with Crippen LogP contribution in [0.1, 0.15) is 24.0 Å². The number of carbonyl (C=O) groups excluding carboxylic acids is 1. The molecule has 0 fully saturated rings. The summed E-state index contributed by atoms with van der Waals surface area (Å²) in [5.74, 6) is 0.416. The molecular formula is C24H23Cl2FN4O. The van der Waals surface area contributed by atoms with Crippen molar-refractivity contribution < 1.29 is 9.18 Å². The summed E-state index contributed by atoms with van der Waals surface area (Å²) in [6.07, 6.45) is 1.75. The summed E-state index contributed by atoms with van der Waals surface area (Å²) in [5.41, 5.74) is 3.80. The van der Waals surface area contributed by atoms with Crippen molar-refractivity contribution in [1.82, 2.24) is 14.7 Å². The normalized spacial score (nSPS) is 19.1. The molecule has 0 bridgehead atoms. The lowest BCUT2D eigenvalue weighted by atomic mass is 9.99. The standard InChI is InChI=1S/C24H23Cl2FN4O/c25-18-10-17(11-19(26)12-18)13-29-9-6-22-21(15-29)23(32)31(24-28-7-1-8-30(22)24)14-16-2-4-20(27)5-3-16/h2-5,10-12H,1,6-9,13-15H2. The van der Waals surface area contributed by atoms with Gasteiger partial charge in [-0.05, 0) is 47.9 Å². The first-order valence-corrected chi connectivity index (χ1v) is 11.5. The van der Waals surface area contributed by atoms with Gasteiger partial charge in [0.25, 0.3) is 5.91 Å². The molecule has 0 saturated carbocycles. The van der Waals surface area contributed by atoms with Gasteiger partial charge in [0.1, 0.15) is 5.82 Å². The minimum atomic E-state index is -0.288. The molecule has 0 saturated heterocycles. The summed E-state index contributed by atoms with van der Waals surface area (Å²) in [4.78, 5) is 24.5. The molecule has 0 N–H and O–H groups in total. The molecule has 0 atom stereocenters. The molecule has 2 aromatic carbocycles. The quantitative estimate of drug-likeness (QED) is 0.647.